The van der Waals surface area contributed by atoms with E-state index in [1.165, 1.54) is 19.1 Å². The Hall–Kier alpha value is -2.57. The molecular formula is C14H15N3O4. The van der Waals surface area contributed by atoms with Crippen molar-refractivity contribution >= 4 is 11.5 Å². The summed E-state index contributed by atoms with van der Waals surface area (Å²) in [5, 5.41) is 14.7. The average molecular weight is 289 g/mol. The van der Waals surface area contributed by atoms with Crippen LogP contribution in [0.15, 0.2) is 22.7 Å². The van der Waals surface area contributed by atoms with Crippen molar-refractivity contribution in [1.82, 2.24) is 10.1 Å². The summed E-state index contributed by atoms with van der Waals surface area (Å²) in [6.07, 6.45) is 0.560. The number of nitrogens with zero attached hydrogens (tertiary/aromatic N) is 3. The Kier molecular flexibility index (Phi) is 4.11. The summed E-state index contributed by atoms with van der Waals surface area (Å²) in [7, 11) is 0. The van der Waals surface area contributed by atoms with Crippen molar-refractivity contribution in [2.75, 3.05) is 0 Å². The van der Waals surface area contributed by atoms with E-state index in [1.807, 2.05) is 6.92 Å². The highest BCUT2D eigenvalue weighted by Gasteiger charge is 2.23. The quantitative estimate of drug-likeness (QED) is 0.619. The molecule has 1 heterocycles. The molecule has 0 amide bonds. The second-order valence-corrected chi connectivity index (χ2v) is 4.78. The van der Waals surface area contributed by atoms with Crippen LogP contribution in [0.3, 0.4) is 0 Å². The SMILES string of the molecule is CCC(C(C)=O)c1nc(-c2cc([N+](=O)[O-])ccc2C)no1. The predicted octanol–water partition coefficient (Wildman–Crippen LogP) is 3.04. The van der Waals surface area contributed by atoms with Gasteiger partial charge in [-0.2, -0.15) is 4.98 Å². The van der Waals surface area contributed by atoms with Crippen LogP contribution in [0.5, 0.6) is 0 Å². The van der Waals surface area contributed by atoms with E-state index in [4.69, 9.17) is 4.52 Å². The number of benzene rings is 1. The van der Waals surface area contributed by atoms with Crippen molar-refractivity contribution in [3.05, 3.63) is 39.8 Å². The zero-order valence-electron chi connectivity index (χ0n) is 12.0. The number of nitro groups is 1. The number of carbonyl (C=O) groups excluding carboxylic acids is 1. The van der Waals surface area contributed by atoms with Gasteiger partial charge in [0, 0.05) is 17.7 Å². The van der Waals surface area contributed by atoms with Crippen molar-refractivity contribution in [2.24, 2.45) is 0 Å². The van der Waals surface area contributed by atoms with Crippen molar-refractivity contribution in [3.8, 4) is 11.4 Å². The summed E-state index contributed by atoms with van der Waals surface area (Å²) in [6, 6.07) is 4.45. The van der Waals surface area contributed by atoms with Gasteiger partial charge in [0.1, 0.15) is 5.78 Å². The van der Waals surface area contributed by atoms with Crippen LogP contribution >= 0.6 is 0 Å². The van der Waals surface area contributed by atoms with Crippen molar-refractivity contribution in [2.45, 2.75) is 33.1 Å². The van der Waals surface area contributed by atoms with Gasteiger partial charge in [0.25, 0.3) is 5.69 Å². The van der Waals surface area contributed by atoms with Gasteiger partial charge in [-0.05, 0) is 25.8 Å². The van der Waals surface area contributed by atoms with Gasteiger partial charge in [-0.1, -0.05) is 18.1 Å². The number of aromatic nitrogens is 2. The van der Waals surface area contributed by atoms with Crippen LogP contribution in [0.2, 0.25) is 0 Å². The first-order chi connectivity index (χ1) is 9.93. The molecule has 0 aliphatic carbocycles. The molecule has 0 saturated carbocycles. The lowest BCUT2D eigenvalue weighted by Gasteiger charge is -2.03. The third-order valence-electron chi connectivity index (χ3n) is 3.31. The summed E-state index contributed by atoms with van der Waals surface area (Å²) in [4.78, 5) is 26.1. The number of hydrogen-bond acceptors (Lipinski definition) is 6. The van der Waals surface area contributed by atoms with Gasteiger partial charge in [0.05, 0.1) is 10.8 Å². The van der Waals surface area contributed by atoms with Gasteiger partial charge in [0.2, 0.25) is 11.7 Å². The van der Waals surface area contributed by atoms with E-state index in [2.05, 4.69) is 10.1 Å². The number of nitro benzene ring substituents is 1. The summed E-state index contributed by atoms with van der Waals surface area (Å²) in [5.41, 5.74) is 1.28. The zero-order chi connectivity index (χ0) is 15.6. The fourth-order valence-electron chi connectivity index (χ4n) is 2.09. The summed E-state index contributed by atoms with van der Waals surface area (Å²) in [5.74, 6) is 0.00512. The third kappa shape index (κ3) is 2.96. The molecule has 0 aliphatic rings. The number of non-ortho nitro benzene ring substituents is 1. The highest BCUT2D eigenvalue weighted by molar-refractivity contribution is 5.82. The Morgan fingerprint density at radius 3 is 2.76 bits per heavy atom. The van der Waals surface area contributed by atoms with E-state index in [0.29, 0.717) is 12.0 Å². The molecule has 2 rings (SSSR count). The van der Waals surface area contributed by atoms with E-state index >= 15 is 0 Å². The summed E-state index contributed by atoms with van der Waals surface area (Å²) >= 11 is 0. The topological polar surface area (TPSA) is 99.1 Å². The first-order valence-corrected chi connectivity index (χ1v) is 6.53. The molecule has 21 heavy (non-hydrogen) atoms. The fourth-order valence-corrected chi connectivity index (χ4v) is 2.09. The van der Waals surface area contributed by atoms with E-state index in [1.54, 1.807) is 13.0 Å². The second kappa shape index (κ2) is 5.82. The molecule has 0 bridgehead atoms. The fraction of sp³-hybridized carbons (Fsp3) is 0.357. The first-order valence-electron chi connectivity index (χ1n) is 6.53. The molecule has 1 atom stereocenters. The normalized spacial score (nSPS) is 12.1. The van der Waals surface area contributed by atoms with Gasteiger partial charge >= 0.3 is 0 Å². The second-order valence-electron chi connectivity index (χ2n) is 4.78. The summed E-state index contributed by atoms with van der Waals surface area (Å²) < 4.78 is 5.14. The van der Waals surface area contributed by atoms with Crippen LogP contribution in [0.1, 0.15) is 37.6 Å². The van der Waals surface area contributed by atoms with Crippen LogP contribution in [0, 0.1) is 17.0 Å². The van der Waals surface area contributed by atoms with Gasteiger partial charge in [-0.25, -0.2) is 0 Å². The Labute approximate surface area is 121 Å². The maximum atomic E-state index is 11.5. The minimum Gasteiger partial charge on any atom is -0.338 e. The number of hydrogen-bond donors (Lipinski definition) is 0. The monoisotopic (exact) mass is 289 g/mol. The Morgan fingerprint density at radius 2 is 2.19 bits per heavy atom. The third-order valence-corrected chi connectivity index (χ3v) is 3.31. The number of rotatable bonds is 5. The number of ketones is 1. The molecule has 110 valence electrons. The molecule has 0 fully saturated rings. The van der Waals surface area contributed by atoms with E-state index in [0.717, 1.165) is 5.56 Å². The van der Waals surface area contributed by atoms with Crippen LogP contribution in [-0.4, -0.2) is 20.8 Å². The van der Waals surface area contributed by atoms with Crippen LogP contribution < -0.4 is 0 Å². The highest BCUT2D eigenvalue weighted by Crippen LogP contribution is 2.27. The Morgan fingerprint density at radius 1 is 1.48 bits per heavy atom. The highest BCUT2D eigenvalue weighted by atomic mass is 16.6. The lowest BCUT2D eigenvalue weighted by atomic mass is 10.0. The standard InChI is InChI=1S/C14H15N3O4/c1-4-11(9(3)18)14-15-13(16-21-14)12-7-10(17(19)20)6-5-8(12)2/h5-7,11H,4H2,1-3H3. The van der Waals surface area contributed by atoms with E-state index in [9.17, 15) is 14.9 Å². The molecule has 0 aliphatic heterocycles. The molecular weight excluding hydrogens is 274 g/mol. The largest absolute Gasteiger partial charge is 0.338 e. The molecule has 7 nitrogen and oxygen atoms in total. The Balaban J connectivity index is 2.44. The average Bonchev–Trinajstić information content (AvgIpc) is 2.88. The molecule has 0 spiro atoms. The molecule has 0 saturated heterocycles. The van der Waals surface area contributed by atoms with E-state index in [-0.39, 0.29) is 23.2 Å². The van der Waals surface area contributed by atoms with E-state index < -0.39 is 10.8 Å². The Bertz CT molecular complexity index is 693. The van der Waals surface area contributed by atoms with Crippen molar-refractivity contribution in [1.29, 1.82) is 0 Å². The van der Waals surface area contributed by atoms with Gasteiger partial charge in [0.15, 0.2) is 0 Å². The molecule has 7 heteroatoms. The molecule has 0 radical (unpaired) electrons. The minimum absolute atomic E-state index is 0.0411. The molecule has 0 N–H and O–H groups in total. The molecule has 1 aromatic carbocycles. The summed E-state index contributed by atoms with van der Waals surface area (Å²) in [6.45, 7) is 5.13. The lowest BCUT2D eigenvalue weighted by Crippen LogP contribution is -2.07. The maximum absolute atomic E-state index is 11.5. The minimum atomic E-state index is -0.478. The molecule has 1 unspecified atom stereocenters. The van der Waals surface area contributed by atoms with Crippen LogP contribution in [0.4, 0.5) is 5.69 Å². The van der Waals surface area contributed by atoms with Crippen molar-refractivity contribution in [3.63, 3.8) is 0 Å². The van der Waals surface area contributed by atoms with Crippen LogP contribution in [0.25, 0.3) is 11.4 Å². The van der Waals surface area contributed by atoms with Crippen molar-refractivity contribution < 1.29 is 14.2 Å². The smallest absolute Gasteiger partial charge is 0.270 e. The molecule has 1 aromatic heterocycles. The molecule has 2 aromatic rings. The maximum Gasteiger partial charge on any atom is 0.270 e. The first kappa shape index (κ1) is 14.8. The predicted molar refractivity (Wildman–Crippen MR) is 74.8 cm³/mol. The number of Topliss-reactive ketones (excluding diaryl/α,β-unsaturated/α-hetero) is 1. The van der Waals surface area contributed by atoms with Gasteiger partial charge in [-0.15, -0.1) is 0 Å². The number of carbonyl (C=O) groups is 1. The van der Waals surface area contributed by atoms with Gasteiger partial charge < -0.3 is 4.52 Å². The van der Waals surface area contributed by atoms with Crippen LogP contribution in [-0.2, 0) is 4.79 Å². The number of aryl methyl sites for hydroxylation is 1. The zero-order valence-corrected chi connectivity index (χ0v) is 12.0. The van der Waals surface area contributed by atoms with Gasteiger partial charge in [-0.3, -0.25) is 14.9 Å². The lowest BCUT2D eigenvalue weighted by molar-refractivity contribution is -0.384.